The summed E-state index contributed by atoms with van der Waals surface area (Å²) < 4.78 is 1.12. The first-order valence-corrected chi connectivity index (χ1v) is 6.36. The van der Waals surface area contributed by atoms with Gasteiger partial charge in [-0.15, -0.1) is 0 Å². The molecular formula is C13H32BrNO. The molecule has 0 aromatic rings. The summed E-state index contributed by atoms with van der Waals surface area (Å²) in [4.78, 5) is 0. The van der Waals surface area contributed by atoms with Crippen molar-refractivity contribution in [3.05, 3.63) is 0 Å². The molecule has 0 saturated heterocycles. The zero-order chi connectivity index (χ0) is 10.9. The van der Waals surface area contributed by atoms with Crippen molar-refractivity contribution in [1.82, 2.24) is 0 Å². The van der Waals surface area contributed by atoms with E-state index >= 15 is 0 Å². The average Bonchev–Trinajstić information content (AvgIpc) is 2.08. The lowest BCUT2D eigenvalue weighted by molar-refractivity contribution is -0.870. The molecule has 3 heteroatoms. The van der Waals surface area contributed by atoms with Crippen molar-refractivity contribution < 1.29 is 26.9 Å². The second-order valence-electron chi connectivity index (χ2n) is 5.49. The zero-order valence-corrected chi connectivity index (χ0v) is 13.3. The minimum atomic E-state index is 0. The Balaban J connectivity index is -0.000000845. The van der Waals surface area contributed by atoms with Gasteiger partial charge >= 0.3 is 0 Å². The molecule has 0 amide bonds. The summed E-state index contributed by atoms with van der Waals surface area (Å²) in [5.74, 6) is 0. The van der Waals surface area contributed by atoms with E-state index in [2.05, 4.69) is 28.1 Å². The largest absolute Gasteiger partial charge is 1.00 e. The van der Waals surface area contributed by atoms with Crippen molar-refractivity contribution in [1.29, 1.82) is 0 Å². The number of hydrogen-bond donors (Lipinski definition) is 0. The molecular weight excluding hydrogens is 266 g/mol. The highest BCUT2D eigenvalue weighted by atomic mass is 79.9. The summed E-state index contributed by atoms with van der Waals surface area (Å²) in [6.07, 6.45) is 11.4. The van der Waals surface area contributed by atoms with Gasteiger partial charge in [-0.3, -0.25) is 0 Å². The third-order valence-corrected chi connectivity index (χ3v) is 2.68. The molecule has 0 aliphatic carbocycles. The SMILES string of the molecule is CCCCCCCCCC[N+](C)(C)C.O.[Br-]. The molecule has 102 valence electrons. The predicted octanol–water partition coefficient (Wildman–Crippen LogP) is 0.0126. The summed E-state index contributed by atoms with van der Waals surface area (Å²) in [6, 6.07) is 0. The Bertz CT molecular complexity index is 124. The first-order chi connectivity index (χ1) is 6.56. The Morgan fingerprint density at radius 1 is 0.688 bits per heavy atom. The molecule has 0 fully saturated rings. The van der Waals surface area contributed by atoms with Gasteiger partial charge in [-0.1, -0.05) is 45.4 Å². The fourth-order valence-electron chi connectivity index (χ4n) is 1.72. The Morgan fingerprint density at radius 2 is 1.06 bits per heavy atom. The molecule has 0 bridgehead atoms. The van der Waals surface area contributed by atoms with Crippen LogP contribution in [0.15, 0.2) is 0 Å². The molecule has 2 nitrogen and oxygen atoms in total. The average molecular weight is 298 g/mol. The zero-order valence-electron chi connectivity index (χ0n) is 11.7. The van der Waals surface area contributed by atoms with E-state index in [4.69, 9.17) is 0 Å². The maximum Gasteiger partial charge on any atom is 0.0780 e. The summed E-state index contributed by atoms with van der Waals surface area (Å²) in [6.45, 7) is 3.61. The molecule has 0 saturated carbocycles. The van der Waals surface area contributed by atoms with Crippen LogP contribution in [-0.2, 0) is 0 Å². The molecule has 16 heavy (non-hydrogen) atoms. The van der Waals surface area contributed by atoms with Gasteiger partial charge in [-0.2, -0.15) is 0 Å². The van der Waals surface area contributed by atoms with E-state index in [0.29, 0.717) is 0 Å². The molecule has 0 aromatic heterocycles. The smallest absolute Gasteiger partial charge is 0.0780 e. The Hall–Kier alpha value is 0.400. The first kappa shape index (κ1) is 21.7. The number of unbranched alkanes of at least 4 members (excludes halogenated alkanes) is 7. The Kier molecular flexibility index (Phi) is 18.2. The van der Waals surface area contributed by atoms with Gasteiger partial charge in [-0.05, 0) is 12.8 Å². The molecule has 0 unspecified atom stereocenters. The summed E-state index contributed by atoms with van der Waals surface area (Å²) in [7, 11) is 6.84. The second kappa shape index (κ2) is 13.5. The van der Waals surface area contributed by atoms with Gasteiger partial charge in [0, 0.05) is 0 Å². The van der Waals surface area contributed by atoms with Crippen molar-refractivity contribution in [2.45, 2.75) is 58.3 Å². The van der Waals surface area contributed by atoms with E-state index in [1.807, 2.05) is 0 Å². The van der Waals surface area contributed by atoms with Crippen molar-refractivity contribution in [3.63, 3.8) is 0 Å². The minimum absolute atomic E-state index is 0. The molecule has 0 heterocycles. The van der Waals surface area contributed by atoms with Gasteiger partial charge in [0.1, 0.15) is 0 Å². The van der Waals surface area contributed by atoms with Gasteiger partial charge in [-0.25, -0.2) is 0 Å². The van der Waals surface area contributed by atoms with Gasteiger partial charge in [0.25, 0.3) is 0 Å². The van der Waals surface area contributed by atoms with Gasteiger partial charge in [0.2, 0.25) is 0 Å². The molecule has 0 atom stereocenters. The van der Waals surface area contributed by atoms with Crippen LogP contribution >= 0.6 is 0 Å². The lowest BCUT2D eigenvalue weighted by Gasteiger charge is -2.23. The Labute approximate surface area is 113 Å². The molecule has 2 N–H and O–H groups in total. The van der Waals surface area contributed by atoms with Crippen LogP contribution in [0.2, 0.25) is 0 Å². The van der Waals surface area contributed by atoms with Gasteiger partial charge in [0.15, 0.2) is 0 Å². The summed E-state index contributed by atoms with van der Waals surface area (Å²) in [5.41, 5.74) is 0. The van der Waals surface area contributed by atoms with Crippen molar-refractivity contribution in [3.8, 4) is 0 Å². The van der Waals surface area contributed by atoms with E-state index in [1.54, 1.807) is 0 Å². The third kappa shape index (κ3) is 19.9. The van der Waals surface area contributed by atoms with E-state index < -0.39 is 0 Å². The fourth-order valence-corrected chi connectivity index (χ4v) is 1.72. The summed E-state index contributed by atoms with van der Waals surface area (Å²) in [5, 5.41) is 0. The van der Waals surface area contributed by atoms with Crippen LogP contribution in [0.1, 0.15) is 58.3 Å². The second-order valence-corrected chi connectivity index (χ2v) is 5.49. The van der Waals surface area contributed by atoms with Gasteiger partial charge in [0.05, 0.1) is 27.7 Å². The van der Waals surface area contributed by atoms with Crippen LogP contribution in [-0.4, -0.2) is 37.6 Å². The highest BCUT2D eigenvalue weighted by Gasteiger charge is 2.04. The molecule has 0 aromatic carbocycles. The predicted molar refractivity (Wildman–Crippen MR) is 69.1 cm³/mol. The summed E-state index contributed by atoms with van der Waals surface area (Å²) >= 11 is 0. The molecule has 0 radical (unpaired) electrons. The first-order valence-electron chi connectivity index (χ1n) is 6.36. The van der Waals surface area contributed by atoms with E-state index in [0.717, 1.165) is 4.48 Å². The van der Waals surface area contributed by atoms with Crippen molar-refractivity contribution in [2.24, 2.45) is 0 Å². The minimum Gasteiger partial charge on any atom is -1.00 e. The number of nitrogens with zero attached hydrogens (tertiary/aromatic N) is 1. The molecule has 0 spiro atoms. The highest BCUT2D eigenvalue weighted by molar-refractivity contribution is 4.45. The third-order valence-electron chi connectivity index (χ3n) is 2.68. The lowest BCUT2D eigenvalue weighted by Crippen LogP contribution is -3.00. The van der Waals surface area contributed by atoms with Crippen LogP contribution in [0.5, 0.6) is 0 Å². The number of rotatable bonds is 9. The molecule has 0 rings (SSSR count). The van der Waals surface area contributed by atoms with E-state index in [1.165, 1.54) is 57.9 Å². The Morgan fingerprint density at radius 3 is 1.44 bits per heavy atom. The standard InChI is InChI=1S/C13H30N.BrH.H2O/c1-5-6-7-8-9-10-11-12-13-14(2,3)4;;/h5-13H2,1-4H3;1H;1H2/q+1;;/p-1. The van der Waals surface area contributed by atoms with Crippen LogP contribution in [0.25, 0.3) is 0 Å². The highest BCUT2D eigenvalue weighted by Crippen LogP contribution is 2.09. The van der Waals surface area contributed by atoms with Gasteiger partial charge < -0.3 is 26.9 Å². The van der Waals surface area contributed by atoms with Crippen LogP contribution < -0.4 is 17.0 Å². The lowest BCUT2D eigenvalue weighted by atomic mass is 10.1. The van der Waals surface area contributed by atoms with Crippen molar-refractivity contribution in [2.75, 3.05) is 27.7 Å². The monoisotopic (exact) mass is 297 g/mol. The van der Waals surface area contributed by atoms with Crippen LogP contribution in [0.4, 0.5) is 0 Å². The van der Waals surface area contributed by atoms with Crippen molar-refractivity contribution >= 4 is 0 Å². The fraction of sp³-hybridized carbons (Fsp3) is 1.00. The quantitative estimate of drug-likeness (QED) is 0.424. The topological polar surface area (TPSA) is 31.5 Å². The van der Waals surface area contributed by atoms with E-state index in [-0.39, 0.29) is 22.5 Å². The number of quaternary nitrogens is 1. The normalized spacial score (nSPS) is 10.5. The molecule has 0 aliphatic heterocycles. The van der Waals surface area contributed by atoms with Crippen LogP contribution in [0, 0.1) is 0 Å². The number of halogens is 1. The maximum atomic E-state index is 2.28. The number of hydrogen-bond acceptors (Lipinski definition) is 0. The maximum absolute atomic E-state index is 2.28. The van der Waals surface area contributed by atoms with Crippen LogP contribution in [0.3, 0.4) is 0 Å². The molecule has 0 aliphatic rings. The van der Waals surface area contributed by atoms with E-state index in [9.17, 15) is 0 Å².